The Morgan fingerprint density at radius 1 is 0.962 bits per heavy atom. The molecule has 2 aromatic rings. The van der Waals surface area contributed by atoms with Crippen LogP contribution in [0, 0.1) is 0 Å². The number of rotatable bonds is 6. The highest BCUT2D eigenvalue weighted by Crippen LogP contribution is 2.14. The fourth-order valence-corrected chi connectivity index (χ4v) is 3.16. The minimum atomic E-state index is -0.875. The molecule has 2 aromatic carbocycles. The van der Waals surface area contributed by atoms with E-state index in [1.165, 1.54) is 5.56 Å². The molecular formula is C20H26Cl2N2O2. The van der Waals surface area contributed by atoms with Crippen molar-refractivity contribution in [3.63, 3.8) is 0 Å². The quantitative estimate of drug-likeness (QED) is 0.774. The molecule has 0 aliphatic carbocycles. The van der Waals surface area contributed by atoms with Crippen molar-refractivity contribution in [1.82, 2.24) is 10.2 Å². The van der Waals surface area contributed by atoms with Gasteiger partial charge in [0.25, 0.3) is 0 Å². The number of hydrogen-bond donors (Lipinski definition) is 2. The van der Waals surface area contributed by atoms with Gasteiger partial charge in [-0.1, -0.05) is 42.5 Å². The van der Waals surface area contributed by atoms with E-state index in [2.05, 4.69) is 40.5 Å². The Morgan fingerprint density at radius 3 is 2.15 bits per heavy atom. The molecule has 4 nitrogen and oxygen atoms in total. The molecule has 6 heteroatoms. The first-order chi connectivity index (χ1) is 11.7. The lowest BCUT2D eigenvalue weighted by atomic mass is 10.0. The summed E-state index contributed by atoms with van der Waals surface area (Å²) in [7, 11) is 0. The topological polar surface area (TPSA) is 52.6 Å². The SMILES string of the molecule is Cl.Cl.O=C(O)c1ccc(CNC2CCN(Cc3ccccc3)CC2)cc1. The fourth-order valence-electron chi connectivity index (χ4n) is 3.16. The lowest BCUT2D eigenvalue weighted by Gasteiger charge is -2.32. The lowest BCUT2D eigenvalue weighted by molar-refractivity contribution is 0.0697. The number of carboxylic acids is 1. The number of benzene rings is 2. The summed E-state index contributed by atoms with van der Waals surface area (Å²) in [5.41, 5.74) is 2.85. The molecule has 3 rings (SSSR count). The summed E-state index contributed by atoms with van der Waals surface area (Å²) >= 11 is 0. The minimum absolute atomic E-state index is 0. The number of hydrogen-bond acceptors (Lipinski definition) is 3. The Labute approximate surface area is 167 Å². The van der Waals surface area contributed by atoms with Crippen LogP contribution in [0.25, 0.3) is 0 Å². The molecule has 0 spiro atoms. The molecule has 2 N–H and O–H groups in total. The van der Waals surface area contributed by atoms with E-state index in [1.807, 2.05) is 12.1 Å². The Balaban J connectivity index is 0.00000169. The van der Waals surface area contributed by atoms with Gasteiger partial charge in [0.2, 0.25) is 0 Å². The number of likely N-dealkylation sites (tertiary alicyclic amines) is 1. The number of aromatic carboxylic acids is 1. The molecule has 0 bridgehead atoms. The molecule has 1 saturated heterocycles. The summed E-state index contributed by atoms with van der Waals surface area (Å²) in [5, 5.41) is 12.5. The number of nitrogens with zero attached hydrogens (tertiary/aromatic N) is 1. The van der Waals surface area contributed by atoms with Crippen molar-refractivity contribution in [1.29, 1.82) is 0 Å². The summed E-state index contributed by atoms with van der Waals surface area (Å²) in [6.45, 7) is 4.06. The molecule has 1 aliphatic heterocycles. The van der Waals surface area contributed by atoms with E-state index in [0.29, 0.717) is 11.6 Å². The largest absolute Gasteiger partial charge is 0.478 e. The highest BCUT2D eigenvalue weighted by atomic mass is 35.5. The van der Waals surface area contributed by atoms with Gasteiger partial charge in [-0.05, 0) is 49.2 Å². The Hall–Kier alpha value is -1.59. The third-order valence-electron chi connectivity index (χ3n) is 4.63. The molecular weight excluding hydrogens is 371 g/mol. The first kappa shape index (κ1) is 22.5. The molecule has 0 amide bonds. The molecule has 0 atom stereocenters. The maximum Gasteiger partial charge on any atom is 0.335 e. The average Bonchev–Trinajstić information content (AvgIpc) is 2.62. The molecule has 1 heterocycles. The van der Waals surface area contributed by atoms with E-state index in [1.54, 1.807) is 12.1 Å². The second-order valence-corrected chi connectivity index (χ2v) is 6.42. The highest BCUT2D eigenvalue weighted by molar-refractivity contribution is 5.87. The zero-order chi connectivity index (χ0) is 16.8. The standard InChI is InChI=1S/C20H24N2O2.2ClH/c23-20(24)18-8-6-16(7-9-18)14-21-19-10-12-22(13-11-19)15-17-4-2-1-3-5-17;;/h1-9,19,21H,10-15H2,(H,23,24);2*1H. The van der Waals surface area contributed by atoms with Gasteiger partial charge < -0.3 is 10.4 Å². The van der Waals surface area contributed by atoms with E-state index in [-0.39, 0.29) is 24.8 Å². The second-order valence-electron chi connectivity index (χ2n) is 6.42. The molecule has 0 aromatic heterocycles. The first-order valence-corrected chi connectivity index (χ1v) is 8.52. The van der Waals surface area contributed by atoms with Crippen LogP contribution in [0.2, 0.25) is 0 Å². The normalized spacial score (nSPS) is 14.9. The number of piperidine rings is 1. The van der Waals surface area contributed by atoms with Crippen LogP contribution in [0.1, 0.15) is 34.3 Å². The van der Waals surface area contributed by atoms with Gasteiger partial charge in [0.05, 0.1) is 5.56 Å². The van der Waals surface area contributed by atoms with Crippen molar-refractivity contribution >= 4 is 30.8 Å². The zero-order valence-corrected chi connectivity index (χ0v) is 16.3. The highest BCUT2D eigenvalue weighted by Gasteiger charge is 2.18. The second kappa shape index (κ2) is 11.2. The van der Waals surface area contributed by atoms with Crippen LogP contribution in [-0.2, 0) is 13.1 Å². The van der Waals surface area contributed by atoms with E-state index in [9.17, 15) is 4.79 Å². The molecule has 0 saturated carbocycles. The van der Waals surface area contributed by atoms with Gasteiger partial charge in [0.1, 0.15) is 0 Å². The van der Waals surface area contributed by atoms with Gasteiger partial charge >= 0.3 is 5.97 Å². The van der Waals surface area contributed by atoms with E-state index in [0.717, 1.165) is 44.6 Å². The van der Waals surface area contributed by atoms with Crippen LogP contribution >= 0.6 is 24.8 Å². The third kappa shape index (κ3) is 6.61. The number of nitrogens with one attached hydrogen (secondary N) is 1. The molecule has 142 valence electrons. The summed E-state index contributed by atoms with van der Waals surface area (Å²) in [5.74, 6) is -0.875. The maximum absolute atomic E-state index is 10.9. The predicted molar refractivity (Wildman–Crippen MR) is 109 cm³/mol. The van der Waals surface area contributed by atoms with Crippen molar-refractivity contribution in [2.24, 2.45) is 0 Å². The summed E-state index contributed by atoms with van der Waals surface area (Å²) < 4.78 is 0. The number of carboxylic acid groups (broad SMARTS) is 1. The zero-order valence-electron chi connectivity index (χ0n) is 14.6. The third-order valence-corrected chi connectivity index (χ3v) is 4.63. The molecule has 0 unspecified atom stereocenters. The molecule has 0 radical (unpaired) electrons. The van der Waals surface area contributed by atoms with Crippen molar-refractivity contribution in [2.75, 3.05) is 13.1 Å². The van der Waals surface area contributed by atoms with Crippen molar-refractivity contribution in [2.45, 2.75) is 32.0 Å². The molecule has 1 fully saturated rings. The van der Waals surface area contributed by atoms with Crippen LogP contribution in [0.15, 0.2) is 54.6 Å². The van der Waals surface area contributed by atoms with Gasteiger partial charge in [-0.2, -0.15) is 0 Å². The van der Waals surface area contributed by atoms with Crippen LogP contribution in [0.4, 0.5) is 0 Å². The van der Waals surface area contributed by atoms with Crippen molar-refractivity contribution < 1.29 is 9.90 Å². The van der Waals surface area contributed by atoms with E-state index < -0.39 is 5.97 Å². The van der Waals surface area contributed by atoms with Crippen LogP contribution in [0.5, 0.6) is 0 Å². The summed E-state index contributed by atoms with van der Waals surface area (Å²) in [4.78, 5) is 13.4. The van der Waals surface area contributed by atoms with Gasteiger partial charge in [0, 0.05) is 19.1 Å². The summed E-state index contributed by atoms with van der Waals surface area (Å²) in [6, 6.07) is 18.3. The number of carbonyl (C=O) groups is 1. The van der Waals surface area contributed by atoms with Gasteiger partial charge in [-0.15, -0.1) is 24.8 Å². The molecule has 1 aliphatic rings. The first-order valence-electron chi connectivity index (χ1n) is 8.52. The monoisotopic (exact) mass is 396 g/mol. The van der Waals surface area contributed by atoms with Crippen molar-refractivity contribution in [3.05, 3.63) is 71.3 Å². The summed E-state index contributed by atoms with van der Waals surface area (Å²) in [6.07, 6.45) is 2.31. The number of halogens is 2. The minimum Gasteiger partial charge on any atom is -0.478 e. The Bertz CT molecular complexity index is 657. The van der Waals surface area contributed by atoms with Crippen LogP contribution in [0.3, 0.4) is 0 Å². The van der Waals surface area contributed by atoms with Crippen LogP contribution in [-0.4, -0.2) is 35.1 Å². The van der Waals surface area contributed by atoms with E-state index in [4.69, 9.17) is 5.11 Å². The maximum atomic E-state index is 10.9. The van der Waals surface area contributed by atoms with Gasteiger partial charge in [0.15, 0.2) is 0 Å². The van der Waals surface area contributed by atoms with E-state index >= 15 is 0 Å². The lowest BCUT2D eigenvalue weighted by Crippen LogP contribution is -2.41. The molecule has 26 heavy (non-hydrogen) atoms. The van der Waals surface area contributed by atoms with Gasteiger partial charge in [-0.3, -0.25) is 4.90 Å². The van der Waals surface area contributed by atoms with Crippen molar-refractivity contribution in [3.8, 4) is 0 Å². The fraction of sp³-hybridized carbons (Fsp3) is 0.350. The Morgan fingerprint density at radius 2 is 1.58 bits per heavy atom. The average molecular weight is 397 g/mol. The van der Waals surface area contributed by atoms with Crippen LogP contribution < -0.4 is 5.32 Å². The Kier molecular flexibility index (Phi) is 9.66. The predicted octanol–water partition coefficient (Wildman–Crippen LogP) is 3.98. The smallest absolute Gasteiger partial charge is 0.335 e. The van der Waals surface area contributed by atoms with Gasteiger partial charge in [-0.25, -0.2) is 4.79 Å².